The SMILES string of the molecule is Cc1cccc(COc2ccc(Br)cc2CNCc2cccs2)c1. The van der Waals surface area contributed by atoms with Crippen LogP contribution in [0.2, 0.25) is 0 Å². The first-order valence-electron chi connectivity index (χ1n) is 7.90. The Morgan fingerprint density at radius 2 is 1.96 bits per heavy atom. The Hall–Kier alpha value is -1.62. The zero-order valence-electron chi connectivity index (χ0n) is 13.6. The van der Waals surface area contributed by atoms with E-state index in [1.165, 1.54) is 16.0 Å². The summed E-state index contributed by atoms with van der Waals surface area (Å²) in [5.74, 6) is 0.929. The predicted molar refractivity (Wildman–Crippen MR) is 105 cm³/mol. The van der Waals surface area contributed by atoms with Crippen LogP contribution in [0.15, 0.2) is 64.5 Å². The maximum atomic E-state index is 6.06. The second-order valence-electron chi connectivity index (χ2n) is 5.71. The van der Waals surface area contributed by atoms with Gasteiger partial charge in [-0.15, -0.1) is 11.3 Å². The summed E-state index contributed by atoms with van der Waals surface area (Å²) < 4.78 is 7.13. The van der Waals surface area contributed by atoms with Crippen LogP contribution in [0.1, 0.15) is 21.6 Å². The van der Waals surface area contributed by atoms with Crippen LogP contribution < -0.4 is 10.1 Å². The standard InChI is InChI=1S/C20H20BrNOS/c1-15-4-2-5-16(10-15)14-23-20-8-7-18(21)11-17(20)12-22-13-19-6-3-9-24-19/h2-11,22H,12-14H2,1H3. The van der Waals surface area contributed by atoms with Crippen LogP contribution in [0.3, 0.4) is 0 Å². The summed E-state index contributed by atoms with van der Waals surface area (Å²) in [4.78, 5) is 1.34. The van der Waals surface area contributed by atoms with Crippen LogP contribution in [0.5, 0.6) is 5.75 Å². The minimum Gasteiger partial charge on any atom is -0.489 e. The fourth-order valence-electron chi connectivity index (χ4n) is 2.52. The molecule has 0 radical (unpaired) electrons. The Kier molecular flexibility index (Phi) is 6.07. The lowest BCUT2D eigenvalue weighted by atomic mass is 10.1. The third kappa shape index (κ3) is 4.94. The molecule has 0 saturated carbocycles. The molecule has 1 N–H and O–H groups in total. The molecule has 4 heteroatoms. The van der Waals surface area contributed by atoms with Gasteiger partial charge in [0.05, 0.1) is 0 Å². The lowest BCUT2D eigenvalue weighted by molar-refractivity contribution is 0.302. The number of thiophene rings is 1. The fraction of sp³-hybridized carbons (Fsp3) is 0.200. The monoisotopic (exact) mass is 401 g/mol. The number of benzene rings is 2. The van der Waals surface area contributed by atoms with E-state index in [1.807, 2.05) is 12.1 Å². The molecule has 0 amide bonds. The molecule has 1 heterocycles. The maximum absolute atomic E-state index is 6.06. The Balaban J connectivity index is 1.63. The van der Waals surface area contributed by atoms with E-state index < -0.39 is 0 Å². The van der Waals surface area contributed by atoms with Gasteiger partial charge in [0.2, 0.25) is 0 Å². The minimum atomic E-state index is 0.585. The topological polar surface area (TPSA) is 21.3 Å². The first kappa shape index (κ1) is 17.2. The zero-order chi connectivity index (χ0) is 16.8. The van der Waals surface area contributed by atoms with Crippen molar-refractivity contribution < 1.29 is 4.74 Å². The molecule has 0 bridgehead atoms. The second kappa shape index (κ2) is 8.47. The van der Waals surface area contributed by atoms with Gasteiger partial charge in [-0.05, 0) is 42.1 Å². The molecule has 24 heavy (non-hydrogen) atoms. The predicted octanol–water partition coefficient (Wildman–Crippen LogP) is 5.69. The molecular formula is C20H20BrNOS. The van der Waals surface area contributed by atoms with Crippen LogP contribution in [-0.2, 0) is 19.7 Å². The Labute approximate surface area is 155 Å². The van der Waals surface area contributed by atoms with Gasteiger partial charge < -0.3 is 10.1 Å². The van der Waals surface area contributed by atoms with E-state index in [0.29, 0.717) is 6.61 Å². The van der Waals surface area contributed by atoms with Crippen molar-refractivity contribution in [1.82, 2.24) is 5.32 Å². The molecule has 0 aliphatic rings. The van der Waals surface area contributed by atoms with Crippen LogP contribution in [-0.4, -0.2) is 0 Å². The lowest BCUT2D eigenvalue weighted by Gasteiger charge is -2.13. The molecule has 0 saturated heterocycles. The van der Waals surface area contributed by atoms with Gasteiger partial charge >= 0.3 is 0 Å². The van der Waals surface area contributed by atoms with Crippen molar-refractivity contribution in [2.24, 2.45) is 0 Å². The molecule has 1 aromatic heterocycles. The highest BCUT2D eigenvalue weighted by Gasteiger charge is 2.06. The van der Waals surface area contributed by atoms with Crippen molar-refractivity contribution >= 4 is 27.3 Å². The molecule has 0 atom stereocenters. The average Bonchev–Trinajstić information content (AvgIpc) is 3.07. The summed E-state index contributed by atoms with van der Waals surface area (Å²) in [6.45, 7) is 4.34. The molecule has 0 aliphatic carbocycles. The van der Waals surface area contributed by atoms with Gasteiger partial charge in [-0.2, -0.15) is 0 Å². The summed E-state index contributed by atoms with van der Waals surface area (Å²) >= 11 is 5.32. The Morgan fingerprint density at radius 3 is 2.75 bits per heavy atom. The molecular weight excluding hydrogens is 382 g/mol. The number of halogens is 1. The molecule has 2 nitrogen and oxygen atoms in total. The molecule has 0 spiro atoms. The Bertz CT molecular complexity index is 786. The van der Waals surface area contributed by atoms with E-state index in [4.69, 9.17) is 4.74 Å². The van der Waals surface area contributed by atoms with Crippen LogP contribution in [0, 0.1) is 6.92 Å². The van der Waals surface area contributed by atoms with Crippen molar-refractivity contribution in [2.45, 2.75) is 26.6 Å². The number of hydrogen-bond donors (Lipinski definition) is 1. The highest BCUT2D eigenvalue weighted by Crippen LogP contribution is 2.24. The molecule has 3 aromatic rings. The molecule has 0 unspecified atom stereocenters. The van der Waals surface area contributed by atoms with Gasteiger partial charge in [0, 0.05) is 28.0 Å². The van der Waals surface area contributed by atoms with E-state index in [2.05, 4.69) is 76.0 Å². The van der Waals surface area contributed by atoms with Crippen molar-refractivity contribution in [1.29, 1.82) is 0 Å². The number of nitrogens with one attached hydrogen (secondary N) is 1. The summed E-state index contributed by atoms with van der Waals surface area (Å²) in [7, 11) is 0. The number of rotatable bonds is 7. The lowest BCUT2D eigenvalue weighted by Crippen LogP contribution is -2.13. The third-order valence-electron chi connectivity index (χ3n) is 3.69. The molecule has 3 rings (SSSR count). The quantitative estimate of drug-likeness (QED) is 0.548. The van der Waals surface area contributed by atoms with Crippen LogP contribution in [0.25, 0.3) is 0 Å². The summed E-state index contributed by atoms with van der Waals surface area (Å²) in [5.41, 5.74) is 3.61. The van der Waals surface area contributed by atoms with Crippen molar-refractivity contribution in [3.8, 4) is 5.75 Å². The van der Waals surface area contributed by atoms with E-state index in [-0.39, 0.29) is 0 Å². The summed E-state index contributed by atoms with van der Waals surface area (Å²) in [6.07, 6.45) is 0. The molecule has 0 aliphatic heterocycles. The largest absolute Gasteiger partial charge is 0.489 e. The second-order valence-corrected chi connectivity index (χ2v) is 7.66. The number of hydrogen-bond acceptors (Lipinski definition) is 3. The molecule has 0 fully saturated rings. The smallest absolute Gasteiger partial charge is 0.124 e. The van der Waals surface area contributed by atoms with E-state index in [0.717, 1.165) is 28.9 Å². The molecule has 2 aromatic carbocycles. The highest BCUT2D eigenvalue weighted by atomic mass is 79.9. The maximum Gasteiger partial charge on any atom is 0.124 e. The summed E-state index contributed by atoms with van der Waals surface area (Å²) in [6, 6.07) is 18.8. The van der Waals surface area contributed by atoms with E-state index in [9.17, 15) is 0 Å². The minimum absolute atomic E-state index is 0.585. The van der Waals surface area contributed by atoms with Crippen LogP contribution >= 0.6 is 27.3 Å². The van der Waals surface area contributed by atoms with Gasteiger partial charge in [-0.1, -0.05) is 51.8 Å². The van der Waals surface area contributed by atoms with Gasteiger partial charge in [0.1, 0.15) is 12.4 Å². The first-order valence-corrected chi connectivity index (χ1v) is 9.58. The fourth-order valence-corrected chi connectivity index (χ4v) is 3.61. The van der Waals surface area contributed by atoms with E-state index >= 15 is 0 Å². The van der Waals surface area contributed by atoms with Crippen molar-refractivity contribution in [3.63, 3.8) is 0 Å². The van der Waals surface area contributed by atoms with Gasteiger partial charge in [0.15, 0.2) is 0 Å². The highest BCUT2D eigenvalue weighted by molar-refractivity contribution is 9.10. The molecule has 124 valence electrons. The van der Waals surface area contributed by atoms with Crippen molar-refractivity contribution in [2.75, 3.05) is 0 Å². The normalized spacial score (nSPS) is 10.8. The van der Waals surface area contributed by atoms with Gasteiger partial charge in [0.25, 0.3) is 0 Å². The Morgan fingerprint density at radius 1 is 1.04 bits per heavy atom. The third-order valence-corrected chi connectivity index (χ3v) is 5.06. The zero-order valence-corrected chi connectivity index (χ0v) is 16.0. The average molecular weight is 402 g/mol. The first-order chi connectivity index (χ1) is 11.7. The van der Waals surface area contributed by atoms with Crippen molar-refractivity contribution in [3.05, 3.63) is 86.0 Å². The number of aryl methyl sites for hydroxylation is 1. The summed E-state index contributed by atoms with van der Waals surface area (Å²) in [5, 5.41) is 5.59. The van der Waals surface area contributed by atoms with Gasteiger partial charge in [-0.25, -0.2) is 0 Å². The van der Waals surface area contributed by atoms with Gasteiger partial charge in [-0.3, -0.25) is 0 Å². The van der Waals surface area contributed by atoms with E-state index in [1.54, 1.807) is 11.3 Å². The number of ether oxygens (including phenoxy) is 1. The van der Waals surface area contributed by atoms with Crippen LogP contribution in [0.4, 0.5) is 0 Å².